The van der Waals surface area contributed by atoms with Crippen molar-refractivity contribution in [3.8, 4) is 0 Å². The first-order valence-electron chi connectivity index (χ1n) is 5.49. The van der Waals surface area contributed by atoms with Crippen molar-refractivity contribution in [3.63, 3.8) is 0 Å². The summed E-state index contributed by atoms with van der Waals surface area (Å²) in [4.78, 5) is 4.30. The molecule has 0 heterocycles. The molecule has 1 aliphatic rings. The molecule has 0 N–H and O–H groups in total. The Morgan fingerprint density at radius 2 is 1.75 bits per heavy atom. The highest BCUT2D eigenvalue weighted by atomic mass is 14.7. The first-order valence-corrected chi connectivity index (χ1v) is 5.49. The van der Waals surface area contributed by atoms with E-state index in [1.807, 2.05) is 42.7 Å². The van der Waals surface area contributed by atoms with E-state index >= 15 is 0 Å². The lowest BCUT2D eigenvalue weighted by molar-refractivity contribution is 0.928. The summed E-state index contributed by atoms with van der Waals surface area (Å²) in [6.45, 7) is 2.16. The van der Waals surface area contributed by atoms with Crippen LogP contribution in [0.3, 0.4) is 0 Å². The Kier molecular flexibility index (Phi) is 3.50. The maximum atomic E-state index is 4.30. The molecule has 1 aliphatic carbocycles. The monoisotopic (exact) mass is 209 g/mol. The van der Waals surface area contributed by atoms with Crippen LogP contribution in [0.5, 0.6) is 0 Å². The Hall–Kier alpha value is -1.89. The van der Waals surface area contributed by atoms with E-state index in [2.05, 4.69) is 36.2 Å². The topological polar surface area (TPSA) is 12.4 Å². The summed E-state index contributed by atoms with van der Waals surface area (Å²) in [7, 11) is 0. The van der Waals surface area contributed by atoms with Crippen LogP contribution >= 0.6 is 0 Å². The van der Waals surface area contributed by atoms with E-state index < -0.39 is 0 Å². The minimum absolute atomic E-state index is 0.537. The Morgan fingerprint density at radius 1 is 1.06 bits per heavy atom. The Morgan fingerprint density at radius 3 is 2.44 bits per heavy atom. The largest absolute Gasteiger partial charge is 0.263 e. The van der Waals surface area contributed by atoms with E-state index in [4.69, 9.17) is 0 Å². The van der Waals surface area contributed by atoms with Gasteiger partial charge in [0.1, 0.15) is 0 Å². The number of hydrogen-bond donors (Lipinski definition) is 0. The molecular weight excluding hydrogens is 194 g/mol. The van der Waals surface area contributed by atoms with E-state index in [0.29, 0.717) is 5.92 Å². The molecule has 0 radical (unpaired) electrons. The predicted molar refractivity (Wildman–Crippen MR) is 69.6 cm³/mol. The number of aliphatic imine (C=N–C) groups is 1. The van der Waals surface area contributed by atoms with Gasteiger partial charge >= 0.3 is 0 Å². The van der Waals surface area contributed by atoms with Crippen molar-refractivity contribution in [1.82, 2.24) is 0 Å². The minimum Gasteiger partial charge on any atom is -0.263 e. The van der Waals surface area contributed by atoms with Gasteiger partial charge in [-0.15, -0.1) is 0 Å². The number of rotatable bonds is 2. The van der Waals surface area contributed by atoms with Gasteiger partial charge in [-0.05, 0) is 17.1 Å². The first kappa shape index (κ1) is 10.6. The van der Waals surface area contributed by atoms with Crippen LogP contribution in [0.4, 0.5) is 0 Å². The molecule has 16 heavy (non-hydrogen) atoms. The third kappa shape index (κ3) is 3.06. The summed E-state index contributed by atoms with van der Waals surface area (Å²) in [5, 5.41) is 0. The van der Waals surface area contributed by atoms with Gasteiger partial charge in [0.05, 0.1) is 0 Å². The minimum atomic E-state index is 0.537. The van der Waals surface area contributed by atoms with Crippen LogP contribution in [0.2, 0.25) is 0 Å². The summed E-state index contributed by atoms with van der Waals surface area (Å²) in [6, 6.07) is 10.1. The first-order chi connectivity index (χ1) is 7.84. The van der Waals surface area contributed by atoms with Crippen LogP contribution in [-0.2, 0) is 0 Å². The van der Waals surface area contributed by atoms with E-state index in [0.717, 1.165) is 11.1 Å². The zero-order valence-electron chi connectivity index (χ0n) is 9.38. The second-order valence-corrected chi connectivity index (χ2v) is 3.90. The smallest absolute Gasteiger partial charge is 0.0340 e. The van der Waals surface area contributed by atoms with Gasteiger partial charge in [0.25, 0.3) is 0 Å². The molecule has 1 heteroatoms. The molecule has 0 fully saturated rings. The molecule has 0 bridgehead atoms. The molecule has 0 spiro atoms. The lowest BCUT2D eigenvalue weighted by Crippen LogP contribution is -1.88. The molecule has 2 rings (SSSR count). The van der Waals surface area contributed by atoms with Crippen molar-refractivity contribution >= 4 is 6.21 Å². The fourth-order valence-electron chi connectivity index (χ4n) is 1.48. The molecular formula is C15H15N. The van der Waals surface area contributed by atoms with E-state index in [1.54, 1.807) is 0 Å². The van der Waals surface area contributed by atoms with Crippen molar-refractivity contribution in [2.24, 2.45) is 10.9 Å². The van der Waals surface area contributed by atoms with Crippen LogP contribution in [-0.4, -0.2) is 6.21 Å². The standard InChI is InChI=1S/C15H15N/c1-13-7-9-15(10-8-13)12-16-11-14-5-3-2-4-6-14/h2-13H,1H3. The summed E-state index contributed by atoms with van der Waals surface area (Å²) >= 11 is 0. The molecule has 0 saturated carbocycles. The van der Waals surface area contributed by atoms with E-state index in [-0.39, 0.29) is 0 Å². The molecule has 0 saturated heterocycles. The van der Waals surface area contributed by atoms with Crippen LogP contribution in [0.25, 0.3) is 0 Å². The summed E-state index contributed by atoms with van der Waals surface area (Å²) < 4.78 is 0. The SMILES string of the molecule is CC1C=CC(=CN=Cc2ccccc2)C=C1. The normalized spacial score (nSPS) is 19.3. The summed E-state index contributed by atoms with van der Waals surface area (Å²) in [5.74, 6) is 0.537. The van der Waals surface area contributed by atoms with Crippen molar-refractivity contribution in [2.75, 3.05) is 0 Å². The fraction of sp³-hybridized carbons (Fsp3) is 0.133. The molecule has 80 valence electrons. The Balaban J connectivity index is 2.02. The number of allylic oxidation sites excluding steroid dienone is 5. The second-order valence-electron chi connectivity index (χ2n) is 3.90. The molecule has 0 unspecified atom stereocenters. The third-order valence-corrected chi connectivity index (χ3v) is 2.43. The number of nitrogens with zero attached hydrogens (tertiary/aromatic N) is 1. The maximum absolute atomic E-state index is 4.30. The molecule has 1 aromatic carbocycles. The Labute approximate surface area is 96.5 Å². The fourth-order valence-corrected chi connectivity index (χ4v) is 1.48. The van der Waals surface area contributed by atoms with Crippen LogP contribution in [0.15, 0.2) is 71.4 Å². The lowest BCUT2D eigenvalue weighted by atomic mass is 10.0. The van der Waals surface area contributed by atoms with Crippen LogP contribution in [0.1, 0.15) is 12.5 Å². The quantitative estimate of drug-likeness (QED) is 0.658. The third-order valence-electron chi connectivity index (χ3n) is 2.43. The van der Waals surface area contributed by atoms with E-state index in [9.17, 15) is 0 Å². The highest BCUT2D eigenvalue weighted by molar-refractivity contribution is 5.79. The molecule has 0 aliphatic heterocycles. The lowest BCUT2D eigenvalue weighted by Gasteiger charge is -2.04. The van der Waals surface area contributed by atoms with Crippen molar-refractivity contribution < 1.29 is 0 Å². The van der Waals surface area contributed by atoms with Gasteiger partial charge in [-0.3, -0.25) is 4.99 Å². The second kappa shape index (κ2) is 5.26. The van der Waals surface area contributed by atoms with Gasteiger partial charge in [0.15, 0.2) is 0 Å². The van der Waals surface area contributed by atoms with Gasteiger partial charge in [0.2, 0.25) is 0 Å². The predicted octanol–water partition coefficient (Wildman–Crippen LogP) is 3.75. The van der Waals surface area contributed by atoms with Crippen molar-refractivity contribution in [1.29, 1.82) is 0 Å². The van der Waals surface area contributed by atoms with Gasteiger partial charge in [-0.1, -0.05) is 61.6 Å². The Bertz CT molecular complexity index is 434. The average molecular weight is 209 g/mol. The summed E-state index contributed by atoms with van der Waals surface area (Å²) in [6.07, 6.45) is 12.3. The molecule has 1 nitrogen and oxygen atoms in total. The number of hydrogen-bond acceptors (Lipinski definition) is 1. The number of benzene rings is 1. The van der Waals surface area contributed by atoms with Crippen LogP contribution in [0, 0.1) is 5.92 Å². The highest BCUT2D eigenvalue weighted by Gasteiger charge is 1.96. The van der Waals surface area contributed by atoms with Crippen molar-refractivity contribution in [2.45, 2.75) is 6.92 Å². The molecule has 1 aromatic rings. The van der Waals surface area contributed by atoms with Crippen molar-refractivity contribution in [3.05, 3.63) is 72.0 Å². The highest BCUT2D eigenvalue weighted by Crippen LogP contribution is 2.12. The van der Waals surface area contributed by atoms with Gasteiger partial charge in [-0.25, -0.2) is 0 Å². The summed E-state index contributed by atoms with van der Waals surface area (Å²) in [5.41, 5.74) is 2.27. The maximum Gasteiger partial charge on any atom is 0.0340 e. The van der Waals surface area contributed by atoms with Gasteiger partial charge in [0, 0.05) is 12.4 Å². The van der Waals surface area contributed by atoms with Crippen LogP contribution < -0.4 is 0 Å². The molecule has 0 aromatic heterocycles. The molecule has 0 atom stereocenters. The zero-order chi connectivity index (χ0) is 11.2. The molecule has 0 amide bonds. The van der Waals surface area contributed by atoms with Gasteiger partial charge in [-0.2, -0.15) is 0 Å². The zero-order valence-corrected chi connectivity index (χ0v) is 9.38. The van der Waals surface area contributed by atoms with Gasteiger partial charge < -0.3 is 0 Å². The average Bonchev–Trinajstić information content (AvgIpc) is 2.33. The van der Waals surface area contributed by atoms with E-state index in [1.165, 1.54) is 0 Å².